The molecule has 0 heterocycles. The highest BCUT2D eigenvalue weighted by atomic mass is 19.1. The Morgan fingerprint density at radius 3 is 2.24 bits per heavy atom. The van der Waals surface area contributed by atoms with E-state index in [-0.39, 0.29) is 5.41 Å². The van der Waals surface area contributed by atoms with Crippen molar-refractivity contribution in [3.8, 4) is 0 Å². The molecule has 1 nitrogen and oxygen atoms in total. The lowest BCUT2D eigenvalue weighted by Gasteiger charge is -2.38. The van der Waals surface area contributed by atoms with E-state index in [1.165, 1.54) is 31.4 Å². The van der Waals surface area contributed by atoms with E-state index in [1.54, 1.807) is 0 Å². The third-order valence-corrected chi connectivity index (χ3v) is 4.47. The third kappa shape index (κ3) is 5.06. The molecule has 1 N–H and O–H groups in total. The zero-order chi connectivity index (χ0) is 15.3. The molecule has 1 fully saturated rings. The van der Waals surface area contributed by atoms with Crippen molar-refractivity contribution in [2.45, 2.75) is 52.4 Å². The average Bonchev–Trinajstić information content (AvgIpc) is 2.37. The van der Waals surface area contributed by atoms with Gasteiger partial charge in [-0.3, -0.25) is 0 Å². The summed E-state index contributed by atoms with van der Waals surface area (Å²) in [5, 5.41) is 3.56. The minimum Gasteiger partial charge on any atom is -0.316 e. The smallest absolute Gasteiger partial charge is 0.126 e. The minimum absolute atomic E-state index is 0.160. The van der Waals surface area contributed by atoms with Crippen molar-refractivity contribution >= 4 is 0 Å². The van der Waals surface area contributed by atoms with Gasteiger partial charge in [0.25, 0.3) is 0 Å². The van der Waals surface area contributed by atoms with Gasteiger partial charge in [-0.2, -0.15) is 0 Å². The lowest BCUT2D eigenvalue weighted by molar-refractivity contribution is 0.178. The summed E-state index contributed by atoms with van der Waals surface area (Å²) < 4.78 is 26.8. The van der Waals surface area contributed by atoms with Crippen LogP contribution in [0.15, 0.2) is 18.2 Å². The number of nitrogens with one attached hydrogen (secondary N) is 1. The van der Waals surface area contributed by atoms with E-state index in [4.69, 9.17) is 0 Å². The van der Waals surface area contributed by atoms with E-state index in [0.717, 1.165) is 44.0 Å². The summed E-state index contributed by atoms with van der Waals surface area (Å²) in [4.78, 5) is 0. The van der Waals surface area contributed by atoms with Crippen molar-refractivity contribution in [3.05, 3.63) is 35.4 Å². The van der Waals surface area contributed by atoms with Crippen LogP contribution >= 0.6 is 0 Å². The first-order valence-electron chi connectivity index (χ1n) is 8.15. The summed E-state index contributed by atoms with van der Waals surface area (Å²) in [5.41, 5.74) is 0.952. The van der Waals surface area contributed by atoms with E-state index in [9.17, 15) is 8.78 Å². The van der Waals surface area contributed by atoms with Crippen LogP contribution in [0.4, 0.5) is 8.78 Å². The Balaban J connectivity index is 2.07. The first kappa shape index (κ1) is 16.4. The van der Waals surface area contributed by atoms with Crippen LogP contribution in [0.25, 0.3) is 0 Å². The number of halogens is 2. The molecule has 1 aromatic carbocycles. The molecule has 0 aliphatic heterocycles. The van der Waals surface area contributed by atoms with Gasteiger partial charge in [-0.25, -0.2) is 8.78 Å². The molecular formula is C18H27F2N. The topological polar surface area (TPSA) is 12.0 Å². The minimum atomic E-state index is -0.467. The van der Waals surface area contributed by atoms with Crippen LogP contribution in [0.1, 0.15) is 51.5 Å². The molecule has 0 aromatic heterocycles. The molecule has 0 radical (unpaired) electrons. The van der Waals surface area contributed by atoms with E-state index < -0.39 is 11.6 Å². The molecule has 21 heavy (non-hydrogen) atoms. The van der Waals surface area contributed by atoms with Gasteiger partial charge in [0, 0.05) is 12.6 Å². The van der Waals surface area contributed by atoms with Gasteiger partial charge in [-0.15, -0.1) is 0 Å². The van der Waals surface area contributed by atoms with Crippen molar-refractivity contribution in [3.63, 3.8) is 0 Å². The van der Waals surface area contributed by atoms with Gasteiger partial charge in [-0.1, -0.05) is 33.1 Å². The molecule has 0 unspecified atom stereocenters. The van der Waals surface area contributed by atoms with Gasteiger partial charge in [0.2, 0.25) is 0 Å². The van der Waals surface area contributed by atoms with E-state index >= 15 is 0 Å². The van der Waals surface area contributed by atoms with Crippen LogP contribution in [-0.2, 0) is 6.42 Å². The quantitative estimate of drug-likeness (QED) is 0.802. The first-order valence-corrected chi connectivity index (χ1v) is 8.15. The maximum Gasteiger partial charge on any atom is 0.126 e. The zero-order valence-electron chi connectivity index (χ0n) is 13.2. The fourth-order valence-electron chi connectivity index (χ4n) is 3.49. The van der Waals surface area contributed by atoms with Crippen LogP contribution in [0.5, 0.6) is 0 Å². The summed E-state index contributed by atoms with van der Waals surface area (Å²) in [5.74, 6) is -0.311. The largest absolute Gasteiger partial charge is 0.316 e. The molecule has 0 bridgehead atoms. The van der Waals surface area contributed by atoms with Gasteiger partial charge in [0.1, 0.15) is 11.6 Å². The third-order valence-electron chi connectivity index (χ3n) is 4.47. The predicted molar refractivity (Wildman–Crippen MR) is 83.3 cm³/mol. The standard InChI is InChI=1S/C18H27F2N/c1-14(2)12-21-13-18(6-4-3-5-7-18)11-15-8-16(19)10-17(20)9-15/h8-10,14,21H,3-7,11-13H2,1-2H3. The van der Waals surface area contributed by atoms with Gasteiger partial charge in [-0.05, 0) is 54.8 Å². The van der Waals surface area contributed by atoms with Crippen LogP contribution in [0.2, 0.25) is 0 Å². The van der Waals surface area contributed by atoms with Crippen molar-refractivity contribution < 1.29 is 8.78 Å². The Hall–Kier alpha value is -0.960. The molecule has 3 heteroatoms. The van der Waals surface area contributed by atoms with Gasteiger partial charge in [0.05, 0.1) is 0 Å². The number of hydrogen-bond acceptors (Lipinski definition) is 1. The normalized spacial score (nSPS) is 18.1. The number of benzene rings is 1. The van der Waals surface area contributed by atoms with E-state index in [0.29, 0.717) is 5.92 Å². The summed E-state index contributed by atoms with van der Waals surface area (Å²) in [6, 6.07) is 3.93. The first-order chi connectivity index (χ1) is 9.99. The highest BCUT2D eigenvalue weighted by molar-refractivity contribution is 5.20. The fraction of sp³-hybridized carbons (Fsp3) is 0.667. The molecule has 1 saturated carbocycles. The highest BCUT2D eigenvalue weighted by Gasteiger charge is 2.32. The fourth-order valence-corrected chi connectivity index (χ4v) is 3.49. The lowest BCUT2D eigenvalue weighted by atomic mass is 9.70. The van der Waals surface area contributed by atoms with E-state index in [2.05, 4.69) is 19.2 Å². The lowest BCUT2D eigenvalue weighted by Crippen LogP contribution is -2.39. The predicted octanol–water partition coefficient (Wildman–Crippen LogP) is 4.70. The van der Waals surface area contributed by atoms with Crippen LogP contribution < -0.4 is 5.32 Å². The Morgan fingerprint density at radius 2 is 1.67 bits per heavy atom. The van der Waals surface area contributed by atoms with Gasteiger partial charge >= 0.3 is 0 Å². The molecule has 1 aromatic rings. The molecule has 0 atom stereocenters. The maximum atomic E-state index is 13.4. The molecule has 1 aliphatic carbocycles. The summed E-state index contributed by atoms with van der Waals surface area (Å²) in [7, 11) is 0. The monoisotopic (exact) mass is 295 g/mol. The van der Waals surface area contributed by atoms with Crippen molar-refractivity contribution in [2.75, 3.05) is 13.1 Å². The molecule has 0 saturated heterocycles. The second kappa shape index (κ2) is 7.35. The van der Waals surface area contributed by atoms with Crippen LogP contribution in [0, 0.1) is 23.0 Å². The Labute approximate surface area is 127 Å². The van der Waals surface area contributed by atoms with Crippen LogP contribution in [0.3, 0.4) is 0 Å². The molecule has 2 rings (SSSR count). The van der Waals surface area contributed by atoms with E-state index in [1.807, 2.05) is 0 Å². The van der Waals surface area contributed by atoms with Crippen molar-refractivity contribution in [2.24, 2.45) is 11.3 Å². The molecule has 0 spiro atoms. The SMILES string of the molecule is CC(C)CNCC1(Cc2cc(F)cc(F)c2)CCCCC1. The Kier molecular flexibility index (Phi) is 5.74. The van der Waals surface area contributed by atoms with Crippen molar-refractivity contribution in [1.29, 1.82) is 0 Å². The Bertz CT molecular complexity index is 430. The molecule has 1 aliphatic rings. The molecule has 118 valence electrons. The highest BCUT2D eigenvalue weighted by Crippen LogP contribution is 2.39. The summed E-state index contributed by atoms with van der Waals surface area (Å²) in [6.07, 6.45) is 6.80. The zero-order valence-corrected chi connectivity index (χ0v) is 13.2. The van der Waals surface area contributed by atoms with Gasteiger partial charge in [0.15, 0.2) is 0 Å². The Morgan fingerprint density at radius 1 is 1.05 bits per heavy atom. The van der Waals surface area contributed by atoms with Crippen molar-refractivity contribution in [1.82, 2.24) is 5.32 Å². The second-order valence-corrected chi connectivity index (χ2v) is 7.04. The summed E-state index contributed by atoms with van der Waals surface area (Å²) in [6.45, 7) is 6.34. The number of rotatable bonds is 6. The average molecular weight is 295 g/mol. The second-order valence-electron chi connectivity index (χ2n) is 7.04. The molecule has 0 amide bonds. The number of hydrogen-bond donors (Lipinski definition) is 1. The molecular weight excluding hydrogens is 268 g/mol. The van der Waals surface area contributed by atoms with Gasteiger partial charge < -0.3 is 5.32 Å². The summed E-state index contributed by atoms with van der Waals surface area (Å²) >= 11 is 0. The maximum absolute atomic E-state index is 13.4. The van der Waals surface area contributed by atoms with Crippen LogP contribution in [-0.4, -0.2) is 13.1 Å².